The van der Waals surface area contributed by atoms with E-state index in [1.165, 1.54) is 11.3 Å². The van der Waals surface area contributed by atoms with E-state index >= 15 is 0 Å². The topological polar surface area (TPSA) is 26.0 Å². The highest BCUT2D eigenvalue weighted by Crippen LogP contribution is 2.59. The second-order valence-electron chi connectivity index (χ2n) is 4.00. The quantitative estimate of drug-likeness (QED) is 0.793. The average Bonchev–Trinajstić information content (AvgIpc) is 2.61. The van der Waals surface area contributed by atoms with Crippen molar-refractivity contribution >= 4 is 21.4 Å². The number of nitrogens with two attached hydrogens (primary N) is 1. The van der Waals surface area contributed by atoms with Gasteiger partial charge in [-0.15, -0.1) is 11.3 Å². The molecule has 15 heavy (non-hydrogen) atoms. The van der Waals surface area contributed by atoms with E-state index in [2.05, 4.69) is 0 Å². The summed E-state index contributed by atoms with van der Waals surface area (Å²) in [6.45, 7) is 0. The summed E-state index contributed by atoms with van der Waals surface area (Å²) in [5, 5.41) is 2.62. The van der Waals surface area contributed by atoms with Crippen LogP contribution in [0, 0.1) is 0 Å². The molecule has 0 bridgehead atoms. The van der Waals surface area contributed by atoms with Crippen LogP contribution in [0.25, 0.3) is 10.1 Å². The second kappa shape index (κ2) is 2.57. The highest BCUT2D eigenvalue weighted by atomic mass is 32.1. The standard InChI is InChI=1S/C11H9F2NS/c12-11(13)6-10(11,14)8-5-15-9-4-2-1-3-7(8)9/h1-5H,6,14H2. The lowest BCUT2D eigenvalue weighted by molar-refractivity contribution is 0.0895. The van der Waals surface area contributed by atoms with Gasteiger partial charge in [-0.2, -0.15) is 0 Å². The van der Waals surface area contributed by atoms with E-state index in [0.29, 0.717) is 5.56 Å². The van der Waals surface area contributed by atoms with Crippen molar-refractivity contribution in [1.29, 1.82) is 0 Å². The first-order valence-electron chi connectivity index (χ1n) is 4.68. The Morgan fingerprint density at radius 2 is 1.93 bits per heavy atom. The molecule has 1 nitrogen and oxygen atoms in total. The van der Waals surface area contributed by atoms with E-state index in [1.54, 1.807) is 5.38 Å². The van der Waals surface area contributed by atoms with Crippen LogP contribution in [0.3, 0.4) is 0 Å². The van der Waals surface area contributed by atoms with Gasteiger partial charge in [0.05, 0.1) is 0 Å². The molecule has 0 aliphatic heterocycles. The summed E-state index contributed by atoms with van der Waals surface area (Å²) in [6, 6.07) is 7.52. The first-order valence-corrected chi connectivity index (χ1v) is 5.56. The Kier molecular flexibility index (Phi) is 1.58. The van der Waals surface area contributed by atoms with Gasteiger partial charge in [-0.3, -0.25) is 0 Å². The van der Waals surface area contributed by atoms with Gasteiger partial charge >= 0.3 is 0 Å². The van der Waals surface area contributed by atoms with Crippen LogP contribution in [-0.4, -0.2) is 5.92 Å². The average molecular weight is 225 g/mol. The van der Waals surface area contributed by atoms with Crippen LogP contribution < -0.4 is 5.73 Å². The lowest BCUT2D eigenvalue weighted by Gasteiger charge is -2.08. The SMILES string of the molecule is NC1(c2csc3ccccc23)CC1(F)F. The van der Waals surface area contributed by atoms with Crippen LogP contribution in [0.15, 0.2) is 29.6 Å². The summed E-state index contributed by atoms with van der Waals surface area (Å²) in [7, 11) is 0. The summed E-state index contributed by atoms with van der Waals surface area (Å²) >= 11 is 1.47. The third kappa shape index (κ3) is 1.09. The Morgan fingerprint density at radius 1 is 1.27 bits per heavy atom. The van der Waals surface area contributed by atoms with Gasteiger partial charge in [0.1, 0.15) is 5.54 Å². The summed E-state index contributed by atoms with van der Waals surface area (Å²) in [5.41, 5.74) is 4.88. The molecule has 1 atom stereocenters. The maximum Gasteiger partial charge on any atom is 0.272 e. The number of thiophene rings is 1. The molecule has 1 heterocycles. The van der Waals surface area contributed by atoms with E-state index in [4.69, 9.17) is 5.73 Å². The third-order valence-electron chi connectivity index (χ3n) is 2.99. The van der Waals surface area contributed by atoms with Crippen LogP contribution in [0.4, 0.5) is 8.78 Å². The molecule has 0 radical (unpaired) electrons. The zero-order chi connectivity index (χ0) is 10.7. The molecule has 1 aliphatic carbocycles. The third-order valence-corrected chi connectivity index (χ3v) is 3.95. The zero-order valence-corrected chi connectivity index (χ0v) is 8.65. The van der Waals surface area contributed by atoms with Crippen LogP contribution in [0.5, 0.6) is 0 Å². The molecular formula is C11H9F2NS. The number of hydrogen-bond donors (Lipinski definition) is 1. The molecule has 0 spiro atoms. The van der Waals surface area contributed by atoms with E-state index in [9.17, 15) is 8.78 Å². The van der Waals surface area contributed by atoms with Crippen LogP contribution in [0.2, 0.25) is 0 Å². The van der Waals surface area contributed by atoms with Crippen molar-refractivity contribution in [2.45, 2.75) is 17.9 Å². The highest BCUT2D eigenvalue weighted by Gasteiger charge is 2.70. The van der Waals surface area contributed by atoms with Crippen LogP contribution in [-0.2, 0) is 5.54 Å². The fraction of sp³-hybridized carbons (Fsp3) is 0.273. The van der Waals surface area contributed by atoms with Gasteiger partial charge in [-0.25, -0.2) is 8.78 Å². The van der Waals surface area contributed by atoms with Crippen molar-refractivity contribution in [2.24, 2.45) is 5.73 Å². The zero-order valence-electron chi connectivity index (χ0n) is 7.84. The lowest BCUT2D eigenvalue weighted by atomic mass is 10.0. The summed E-state index contributed by atoms with van der Waals surface area (Å²) in [4.78, 5) is 0. The number of rotatable bonds is 1. The Balaban J connectivity index is 2.21. The Hall–Kier alpha value is -1.00. The normalized spacial score (nSPS) is 28.2. The number of alkyl halides is 2. The van der Waals surface area contributed by atoms with Crippen LogP contribution >= 0.6 is 11.3 Å². The highest BCUT2D eigenvalue weighted by molar-refractivity contribution is 7.17. The molecule has 2 aromatic rings. The minimum atomic E-state index is -2.74. The first-order chi connectivity index (χ1) is 7.05. The minimum absolute atomic E-state index is 0.235. The van der Waals surface area contributed by atoms with Crippen molar-refractivity contribution in [3.8, 4) is 0 Å². The smallest absolute Gasteiger partial charge is 0.272 e. The summed E-state index contributed by atoms with van der Waals surface area (Å²) in [5.74, 6) is -2.74. The molecule has 78 valence electrons. The van der Waals surface area contributed by atoms with Gasteiger partial charge in [-0.05, 0) is 22.4 Å². The van der Waals surface area contributed by atoms with E-state index in [-0.39, 0.29) is 6.42 Å². The van der Waals surface area contributed by atoms with E-state index < -0.39 is 11.5 Å². The molecule has 0 amide bonds. The number of halogens is 2. The van der Waals surface area contributed by atoms with Gasteiger partial charge in [-0.1, -0.05) is 18.2 Å². The molecule has 2 N–H and O–H groups in total. The predicted octanol–water partition coefficient (Wildman–Crippen LogP) is 3.09. The molecule has 1 fully saturated rings. The molecule has 1 saturated carbocycles. The molecule has 1 aliphatic rings. The molecule has 1 aromatic carbocycles. The van der Waals surface area contributed by atoms with Gasteiger partial charge in [0.15, 0.2) is 0 Å². The van der Waals surface area contributed by atoms with Crippen molar-refractivity contribution in [2.75, 3.05) is 0 Å². The van der Waals surface area contributed by atoms with Gasteiger partial charge in [0, 0.05) is 11.1 Å². The summed E-state index contributed by atoms with van der Waals surface area (Å²) < 4.78 is 27.3. The maximum atomic E-state index is 13.2. The lowest BCUT2D eigenvalue weighted by Crippen LogP contribution is -2.26. The molecule has 4 heteroatoms. The van der Waals surface area contributed by atoms with Gasteiger partial charge in [0.2, 0.25) is 0 Å². The van der Waals surface area contributed by atoms with Gasteiger partial charge < -0.3 is 5.73 Å². The van der Waals surface area contributed by atoms with Crippen LogP contribution in [0.1, 0.15) is 12.0 Å². The number of fused-ring (bicyclic) bond motifs is 1. The maximum absolute atomic E-state index is 13.2. The van der Waals surface area contributed by atoms with Crippen molar-refractivity contribution in [1.82, 2.24) is 0 Å². The fourth-order valence-corrected chi connectivity index (χ4v) is 2.97. The molecule has 1 aromatic heterocycles. The molecular weight excluding hydrogens is 216 g/mol. The second-order valence-corrected chi connectivity index (χ2v) is 4.91. The number of benzene rings is 1. The molecule has 1 unspecified atom stereocenters. The predicted molar refractivity (Wildman–Crippen MR) is 57.3 cm³/mol. The van der Waals surface area contributed by atoms with E-state index in [1.807, 2.05) is 24.3 Å². The van der Waals surface area contributed by atoms with Gasteiger partial charge in [0.25, 0.3) is 5.92 Å². The number of hydrogen-bond acceptors (Lipinski definition) is 2. The Morgan fingerprint density at radius 3 is 2.60 bits per heavy atom. The first kappa shape index (κ1) is 9.24. The summed E-state index contributed by atoms with van der Waals surface area (Å²) in [6.07, 6.45) is -0.235. The Bertz CT molecular complexity index is 534. The van der Waals surface area contributed by atoms with Crippen molar-refractivity contribution in [3.05, 3.63) is 35.2 Å². The minimum Gasteiger partial charge on any atom is -0.316 e. The Labute approximate surface area is 89.5 Å². The van der Waals surface area contributed by atoms with E-state index in [0.717, 1.165) is 10.1 Å². The van der Waals surface area contributed by atoms with Crippen molar-refractivity contribution < 1.29 is 8.78 Å². The van der Waals surface area contributed by atoms with Crippen molar-refractivity contribution in [3.63, 3.8) is 0 Å². The molecule has 0 saturated heterocycles. The fourth-order valence-electron chi connectivity index (χ4n) is 1.92. The largest absolute Gasteiger partial charge is 0.316 e. The molecule has 3 rings (SSSR count). The monoisotopic (exact) mass is 225 g/mol.